The Bertz CT molecular complexity index is 446. The Labute approximate surface area is 127 Å². The Balaban J connectivity index is 1.73. The van der Waals surface area contributed by atoms with Crippen LogP contribution in [0.15, 0.2) is 30.3 Å². The van der Waals surface area contributed by atoms with Crippen molar-refractivity contribution in [3.8, 4) is 0 Å². The van der Waals surface area contributed by atoms with Gasteiger partial charge in [-0.3, -0.25) is 4.79 Å². The molecule has 0 heterocycles. The van der Waals surface area contributed by atoms with Gasteiger partial charge in [-0.25, -0.2) is 0 Å². The van der Waals surface area contributed by atoms with Gasteiger partial charge >= 0.3 is 5.97 Å². The average Bonchev–Trinajstić information content (AvgIpc) is 2.48. The van der Waals surface area contributed by atoms with Crippen LogP contribution in [-0.4, -0.2) is 18.1 Å². The van der Waals surface area contributed by atoms with Gasteiger partial charge in [0.25, 0.3) is 0 Å². The Morgan fingerprint density at radius 1 is 1.29 bits per heavy atom. The van der Waals surface area contributed by atoms with Crippen LogP contribution in [0.4, 0.5) is 0 Å². The summed E-state index contributed by atoms with van der Waals surface area (Å²) in [6, 6.07) is 9.59. The monoisotopic (exact) mass is 289 g/mol. The summed E-state index contributed by atoms with van der Waals surface area (Å²) in [5.74, 6) is -0.240. The highest BCUT2D eigenvalue weighted by Crippen LogP contribution is 2.36. The number of hydrogen-bond donors (Lipinski definition) is 1. The van der Waals surface area contributed by atoms with Crippen molar-refractivity contribution in [2.75, 3.05) is 0 Å². The van der Waals surface area contributed by atoms with E-state index in [0.29, 0.717) is 11.8 Å². The Hall–Kier alpha value is -1.35. The highest BCUT2D eigenvalue weighted by atomic mass is 16.5. The fourth-order valence-corrected chi connectivity index (χ4v) is 2.83. The molecule has 1 atom stereocenters. The molecular weight excluding hydrogens is 262 g/mol. The van der Waals surface area contributed by atoms with Crippen LogP contribution in [0.3, 0.4) is 0 Å². The zero-order valence-electron chi connectivity index (χ0n) is 13.2. The van der Waals surface area contributed by atoms with Crippen LogP contribution >= 0.6 is 0 Å². The van der Waals surface area contributed by atoms with Gasteiger partial charge in [0.05, 0.1) is 0 Å². The first-order chi connectivity index (χ1) is 9.96. The molecule has 1 aromatic rings. The lowest BCUT2D eigenvalue weighted by Gasteiger charge is -2.34. The maximum absolute atomic E-state index is 12.0. The first-order valence-corrected chi connectivity index (χ1v) is 7.96. The van der Waals surface area contributed by atoms with Crippen LogP contribution in [0, 0.1) is 5.41 Å². The van der Waals surface area contributed by atoms with E-state index in [0.717, 1.165) is 32.1 Å². The molecule has 0 radical (unpaired) electrons. The van der Waals surface area contributed by atoms with E-state index in [1.54, 1.807) is 0 Å². The number of hydrogen-bond acceptors (Lipinski definition) is 3. The number of benzene rings is 1. The van der Waals surface area contributed by atoms with Crippen molar-refractivity contribution in [3.05, 3.63) is 35.9 Å². The molecule has 3 nitrogen and oxygen atoms in total. The maximum atomic E-state index is 12.0. The van der Waals surface area contributed by atoms with Crippen molar-refractivity contribution >= 4 is 5.97 Å². The second-order valence-corrected chi connectivity index (χ2v) is 6.93. The number of ether oxygens (including phenoxy) is 1. The maximum Gasteiger partial charge on any atom is 0.323 e. The molecule has 0 aliphatic heterocycles. The van der Waals surface area contributed by atoms with Gasteiger partial charge in [-0.15, -0.1) is 0 Å². The molecule has 3 heteroatoms. The van der Waals surface area contributed by atoms with Crippen LogP contribution in [0.5, 0.6) is 0 Å². The first-order valence-electron chi connectivity index (χ1n) is 7.96. The topological polar surface area (TPSA) is 52.3 Å². The minimum atomic E-state index is -0.514. The van der Waals surface area contributed by atoms with Gasteiger partial charge < -0.3 is 10.5 Å². The number of carbonyl (C=O) groups excluding carboxylic acids is 1. The predicted octanol–water partition coefficient (Wildman–Crippen LogP) is 3.46. The Kier molecular flexibility index (Phi) is 5.40. The SMILES string of the molecule is CC1(C)CCC(OC(=O)[C@@H](N)CCc2ccccc2)CC1. The van der Waals surface area contributed by atoms with E-state index in [1.807, 2.05) is 18.2 Å². The van der Waals surface area contributed by atoms with Crippen LogP contribution in [0.25, 0.3) is 0 Å². The third-order valence-corrected chi connectivity index (χ3v) is 4.46. The quantitative estimate of drug-likeness (QED) is 0.845. The molecule has 0 saturated heterocycles. The fourth-order valence-electron chi connectivity index (χ4n) is 2.83. The van der Waals surface area contributed by atoms with Gasteiger partial charge in [-0.1, -0.05) is 44.2 Å². The molecule has 1 aliphatic carbocycles. The highest BCUT2D eigenvalue weighted by molar-refractivity contribution is 5.75. The molecular formula is C18H27NO2. The van der Waals surface area contributed by atoms with Crippen molar-refractivity contribution in [1.82, 2.24) is 0 Å². The van der Waals surface area contributed by atoms with Crippen molar-refractivity contribution in [2.45, 2.75) is 64.5 Å². The summed E-state index contributed by atoms with van der Waals surface area (Å²) in [5.41, 5.74) is 7.56. The molecule has 2 rings (SSSR count). The van der Waals surface area contributed by atoms with Crippen molar-refractivity contribution in [3.63, 3.8) is 0 Å². The van der Waals surface area contributed by atoms with Crippen LogP contribution in [0.2, 0.25) is 0 Å². The van der Waals surface area contributed by atoms with Gasteiger partial charge in [0.2, 0.25) is 0 Å². The summed E-state index contributed by atoms with van der Waals surface area (Å²) >= 11 is 0. The summed E-state index contributed by atoms with van der Waals surface area (Å²) in [4.78, 5) is 12.0. The molecule has 2 N–H and O–H groups in total. The zero-order valence-corrected chi connectivity index (χ0v) is 13.2. The summed E-state index contributed by atoms with van der Waals surface area (Å²) in [5, 5.41) is 0. The Morgan fingerprint density at radius 2 is 1.90 bits per heavy atom. The van der Waals surface area contributed by atoms with Gasteiger partial charge in [0.15, 0.2) is 0 Å². The zero-order chi connectivity index (χ0) is 15.3. The second kappa shape index (κ2) is 7.08. The van der Waals surface area contributed by atoms with E-state index in [-0.39, 0.29) is 12.1 Å². The second-order valence-electron chi connectivity index (χ2n) is 6.93. The van der Waals surface area contributed by atoms with E-state index in [9.17, 15) is 4.79 Å². The first kappa shape index (κ1) is 16.0. The molecule has 1 saturated carbocycles. The number of nitrogens with two attached hydrogens (primary N) is 1. The molecule has 0 aromatic heterocycles. The van der Waals surface area contributed by atoms with Crippen LogP contribution < -0.4 is 5.73 Å². The molecule has 1 aliphatic rings. The van der Waals surface area contributed by atoms with E-state index >= 15 is 0 Å². The van der Waals surface area contributed by atoms with Gasteiger partial charge in [-0.05, 0) is 49.5 Å². The largest absolute Gasteiger partial charge is 0.461 e. The third-order valence-electron chi connectivity index (χ3n) is 4.46. The normalized spacial score (nSPS) is 20.0. The minimum absolute atomic E-state index is 0.0632. The lowest BCUT2D eigenvalue weighted by atomic mass is 9.76. The van der Waals surface area contributed by atoms with E-state index in [4.69, 9.17) is 10.5 Å². The van der Waals surface area contributed by atoms with Crippen molar-refractivity contribution in [1.29, 1.82) is 0 Å². The molecule has 0 amide bonds. The summed E-state index contributed by atoms with van der Waals surface area (Å²) in [7, 11) is 0. The average molecular weight is 289 g/mol. The summed E-state index contributed by atoms with van der Waals surface area (Å²) < 4.78 is 5.57. The van der Waals surface area contributed by atoms with E-state index in [2.05, 4.69) is 26.0 Å². The van der Waals surface area contributed by atoms with Gasteiger partial charge in [0, 0.05) is 0 Å². The van der Waals surface area contributed by atoms with Crippen molar-refractivity contribution in [2.24, 2.45) is 11.1 Å². The van der Waals surface area contributed by atoms with E-state index in [1.165, 1.54) is 5.56 Å². The molecule has 116 valence electrons. The molecule has 0 bridgehead atoms. The molecule has 1 aromatic carbocycles. The highest BCUT2D eigenvalue weighted by Gasteiger charge is 2.29. The lowest BCUT2D eigenvalue weighted by molar-refractivity contribution is -0.153. The molecule has 0 unspecified atom stereocenters. The third kappa shape index (κ3) is 5.16. The smallest absolute Gasteiger partial charge is 0.323 e. The summed E-state index contributed by atoms with van der Waals surface area (Å²) in [6.07, 6.45) is 5.67. The molecule has 21 heavy (non-hydrogen) atoms. The van der Waals surface area contributed by atoms with E-state index < -0.39 is 6.04 Å². The van der Waals surface area contributed by atoms with Gasteiger partial charge in [0.1, 0.15) is 12.1 Å². The van der Waals surface area contributed by atoms with Gasteiger partial charge in [-0.2, -0.15) is 0 Å². The minimum Gasteiger partial charge on any atom is -0.461 e. The standard InChI is InChI=1S/C18H27NO2/c1-18(2)12-10-15(11-13-18)21-17(20)16(19)9-8-14-6-4-3-5-7-14/h3-7,15-16H,8-13,19H2,1-2H3/t16-/m0/s1. The number of rotatable bonds is 5. The number of carbonyl (C=O) groups is 1. The number of aryl methyl sites for hydroxylation is 1. The predicted molar refractivity (Wildman–Crippen MR) is 84.9 cm³/mol. The fraction of sp³-hybridized carbons (Fsp3) is 0.611. The van der Waals surface area contributed by atoms with Crippen LogP contribution in [-0.2, 0) is 16.0 Å². The number of esters is 1. The molecule has 0 spiro atoms. The molecule has 1 fully saturated rings. The van der Waals surface area contributed by atoms with Crippen LogP contribution in [0.1, 0.15) is 51.5 Å². The Morgan fingerprint density at radius 3 is 2.52 bits per heavy atom. The summed E-state index contributed by atoms with van der Waals surface area (Å²) in [6.45, 7) is 4.55. The van der Waals surface area contributed by atoms with Crippen molar-refractivity contribution < 1.29 is 9.53 Å². The lowest BCUT2D eigenvalue weighted by Crippen LogP contribution is -2.37.